The molecule has 1 heterocycles. The molecule has 106 valence electrons. The van der Waals surface area contributed by atoms with E-state index in [1.54, 1.807) is 0 Å². The highest BCUT2D eigenvalue weighted by Crippen LogP contribution is 2.36. The molecule has 0 amide bonds. The van der Waals surface area contributed by atoms with E-state index in [0.717, 1.165) is 11.0 Å². The molecular formula is C15H20BNO3. The fourth-order valence-electron chi connectivity index (χ4n) is 2.07. The van der Waals surface area contributed by atoms with Crippen LogP contribution in [0.15, 0.2) is 18.2 Å². The molecule has 0 aliphatic carbocycles. The van der Waals surface area contributed by atoms with Gasteiger partial charge in [0.05, 0.1) is 11.2 Å². The van der Waals surface area contributed by atoms with E-state index in [-0.39, 0.29) is 24.9 Å². The second-order valence-electron chi connectivity index (χ2n) is 6.06. The minimum absolute atomic E-state index is 0.0523. The largest absolute Gasteiger partial charge is 0.494 e. The third-order valence-corrected chi connectivity index (χ3v) is 4.02. The van der Waals surface area contributed by atoms with Crippen LogP contribution in [0.4, 0.5) is 0 Å². The van der Waals surface area contributed by atoms with Crippen molar-refractivity contribution >= 4 is 12.6 Å². The predicted molar refractivity (Wildman–Crippen MR) is 78.0 cm³/mol. The van der Waals surface area contributed by atoms with Crippen molar-refractivity contribution in [3.63, 3.8) is 0 Å². The minimum Gasteiger partial charge on any atom is -0.478 e. The predicted octanol–water partition coefficient (Wildman–Crippen LogP) is 2.20. The van der Waals surface area contributed by atoms with Gasteiger partial charge in [0.2, 0.25) is 0 Å². The van der Waals surface area contributed by atoms with E-state index in [9.17, 15) is 0 Å². The van der Waals surface area contributed by atoms with Gasteiger partial charge in [-0.05, 0) is 51.7 Å². The molecule has 0 atom stereocenters. The highest BCUT2D eigenvalue weighted by Gasteiger charge is 2.51. The van der Waals surface area contributed by atoms with Crippen molar-refractivity contribution in [1.82, 2.24) is 0 Å². The fourth-order valence-corrected chi connectivity index (χ4v) is 2.07. The summed E-state index contributed by atoms with van der Waals surface area (Å²) in [5.74, 6) is 0.715. The molecule has 5 heteroatoms. The van der Waals surface area contributed by atoms with Crippen LogP contribution in [0, 0.1) is 18.3 Å². The van der Waals surface area contributed by atoms with Gasteiger partial charge in [0.15, 0.2) is 6.61 Å². The highest BCUT2D eigenvalue weighted by molar-refractivity contribution is 6.62. The Bertz CT molecular complexity index is 533. The Morgan fingerprint density at radius 3 is 2.30 bits per heavy atom. The van der Waals surface area contributed by atoms with Crippen molar-refractivity contribution in [2.45, 2.75) is 45.8 Å². The second kappa shape index (κ2) is 5.12. The molecule has 1 saturated heterocycles. The Labute approximate surface area is 120 Å². The first-order valence-electron chi connectivity index (χ1n) is 6.73. The van der Waals surface area contributed by atoms with Crippen molar-refractivity contribution in [2.75, 3.05) is 6.61 Å². The van der Waals surface area contributed by atoms with Crippen LogP contribution in [0.2, 0.25) is 0 Å². The summed E-state index contributed by atoms with van der Waals surface area (Å²) in [6, 6.07) is 7.72. The number of rotatable bonds is 3. The molecule has 0 saturated carbocycles. The van der Waals surface area contributed by atoms with Crippen LogP contribution in [0.25, 0.3) is 0 Å². The first-order valence-corrected chi connectivity index (χ1v) is 6.73. The Morgan fingerprint density at radius 1 is 1.20 bits per heavy atom. The summed E-state index contributed by atoms with van der Waals surface area (Å²) in [6.45, 7) is 10.1. The van der Waals surface area contributed by atoms with E-state index in [1.807, 2.05) is 58.9 Å². The average Bonchev–Trinajstić information content (AvgIpc) is 2.57. The quantitative estimate of drug-likeness (QED) is 0.792. The molecule has 0 aromatic heterocycles. The monoisotopic (exact) mass is 273 g/mol. The summed E-state index contributed by atoms with van der Waals surface area (Å²) < 4.78 is 17.4. The number of ether oxygens (including phenoxy) is 1. The van der Waals surface area contributed by atoms with Gasteiger partial charge < -0.3 is 14.0 Å². The maximum absolute atomic E-state index is 8.55. The van der Waals surface area contributed by atoms with Crippen molar-refractivity contribution in [1.29, 1.82) is 5.26 Å². The maximum atomic E-state index is 8.55. The SMILES string of the molecule is Cc1cc(B2OC(C)(C)C(C)(C)O2)ccc1OCC#N. The summed E-state index contributed by atoms with van der Waals surface area (Å²) in [5.41, 5.74) is 1.24. The summed E-state index contributed by atoms with van der Waals surface area (Å²) in [7, 11) is -0.372. The second-order valence-corrected chi connectivity index (χ2v) is 6.06. The van der Waals surface area contributed by atoms with Gasteiger partial charge in [0.25, 0.3) is 0 Å². The van der Waals surface area contributed by atoms with Gasteiger partial charge in [0, 0.05) is 0 Å². The zero-order valence-electron chi connectivity index (χ0n) is 12.7. The molecule has 0 N–H and O–H groups in total. The van der Waals surface area contributed by atoms with Crippen molar-refractivity contribution < 1.29 is 14.0 Å². The molecule has 0 bridgehead atoms. The van der Waals surface area contributed by atoms with Crippen molar-refractivity contribution in [3.8, 4) is 11.8 Å². The first-order chi connectivity index (χ1) is 9.27. The molecule has 2 rings (SSSR count). The summed E-state index contributed by atoms with van der Waals surface area (Å²) in [4.78, 5) is 0. The average molecular weight is 273 g/mol. The lowest BCUT2D eigenvalue weighted by Gasteiger charge is -2.32. The van der Waals surface area contributed by atoms with E-state index >= 15 is 0 Å². The maximum Gasteiger partial charge on any atom is 0.494 e. The number of benzene rings is 1. The van der Waals surface area contributed by atoms with Crippen molar-refractivity contribution in [3.05, 3.63) is 23.8 Å². The smallest absolute Gasteiger partial charge is 0.478 e. The molecular weight excluding hydrogens is 253 g/mol. The zero-order chi connectivity index (χ0) is 15.0. The van der Waals surface area contributed by atoms with Gasteiger partial charge in [-0.25, -0.2) is 0 Å². The number of hydrogen-bond donors (Lipinski definition) is 0. The van der Waals surface area contributed by atoms with Crippen LogP contribution in [0.3, 0.4) is 0 Å². The van der Waals surface area contributed by atoms with Gasteiger partial charge in [-0.1, -0.05) is 12.1 Å². The van der Waals surface area contributed by atoms with E-state index in [1.165, 1.54) is 0 Å². The first kappa shape index (κ1) is 14.9. The molecule has 1 aliphatic rings. The molecule has 4 nitrogen and oxygen atoms in total. The number of hydrogen-bond acceptors (Lipinski definition) is 4. The highest BCUT2D eigenvalue weighted by atomic mass is 16.7. The number of nitriles is 1. The van der Waals surface area contributed by atoms with Crippen molar-refractivity contribution in [2.24, 2.45) is 0 Å². The van der Waals surface area contributed by atoms with Crippen LogP contribution >= 0.6 is 0 Å². The lowest BCUT2D eigenvalue weighted by molar-refractivity contribution is 0.00578. The molecule has 0 radical (unpaired) electrons. The lowest BCUT2D eigenvalue weighted by Crippen LogP contribution is -2.41. The van der Waals surface area contributed by atoms with Crippen LogP contribution in [-0.2, 0) is 9.31 Å². The lowest BCUT2D eigenvalue weighted by atomic mass is 9.78. The molecule has 1 fully saturated rings. The van der Waals surface area contributed by atoms with E-state index in [4.69, 9.17) is 19.3 Å². The Balaban J connectivity index is 2.20. The molecule has 20 heavy (non-hydrogen) atoms. The molecule has 0 unspecified atom stereocenters. The number of aryl methyl sites for hydroxylation is 1. The van der Waals surface area contributed by atoms with Crippen LogP contribution in [0.1, 0.15) is 33.3 Å². The molecule has 0 spiro atoms. The Hall–Kier alpha value is -1.51. The van der Waals surface area contributed by atoms with Crippen LogP contribution < -0.4 is 10.2 Å². The topological polar surface area (TPSA) is 51.5 Å². The van der Waals surface area contributed by atoms with Crippen LogP contribution in [-0.4, -0.2) is 24.9 Å². The van der Waals surface area contributed by atoms with Gasteiger partial charge >= 0.3 is 7.12 Å². The third-order valence-electron chi connectivity index (χ3n) is 4.02. The molecule has 1 aliphatic heterocycles. The zero-order valence-corrected chi connectivity index (χ0v) is 12.7. The van der Waals surface area contributed by atoms with Gasteiger partial charge in [-0.15, -0.1) is 0 Å². The summed E-state index contributed by atoms with van der Waals surface area (Å²) in [6.07, 6.45) is 0. The summed E-state index contributed by atoms with van der Waals surface area (Å²) in [5, 5.41) is 8.55. The molecule has 1 aromatic carbocycles. The fraction of sp³-hybridized carbons (Fsp3) is 0.533. The third kappa shape index (κ3) is 2.67. The normalized spacial score (nSPS) is 19.7. The Morgan fingerprint density at radius 2 is 1.80 bits per heavy atom. The minimum atomic E-state index is -0.372. The number of nitrogens with zero attached hydrogens (tertiary/aromatic N) is 1. The van der Waals surface area contributed by atoms with Gasteiger partial charge in [-0.2, -0.15) is 5.26 Å². The van der Waals surface area contributed by atoms with Gasteiger partial charge in [0.1, 0.15) is 11.8 Å². The van der Waals surface area contributed by atoms with E-state index in [0.29, 0.717) is 5.75 Å². The van der Waals surface area contributed by atoms with E-state index < -0.39 is 0 Å². The Kier molecular flexibility index (Phi) is 3.81. The van der Waals surface area contributed by atoms with E-state index in [2.05, 4.69) is 0 Å². The molecule has 1 aromatic rings. The standard InChI is InChI=1S/C15H20BNO3/c1-11-10-12(6-7-13(11)18-9-8-17)16-19-14(2,3)15(4,5)20-16/h6-7,10H,9H2,1-5H3. The van der Waals surface area contributed by atoms with Crippen LogP contribution in [0.5, 0.6) is 5.75 Å². The van der Waals surface area contributed by atoms with Gasteiger partial charge in [-0.3, -0.25) is 0 Å². The summed E-state index contributed by atoms with van der Waals surface area (Å²) >= 11 is 0.